The number of hydrogen-bond donors (Lipinski definition) is 1. The summed E-state index contributed by atoms with van der Waals surface area (Å²) in [7, 11) is 0. The molecule has 2 nitrogen and oxygen atoms in total. The average molecular weight is 292 g/mol. The zero-order chi connectivity index (χ0) is 14.6. The molecular formula is C15H27F3N2. The highest BCUT2D eigenvalue weighted by molar-refractivity contribution is 4.86. The fourth-order valence-electron chi connectivity index (χ4n) is 3.61. The van der Waals surface area contributed by atoms with Gasteiger partial charge in [-0.25, -0.2) is 0 Å². The molecule has 1 aliphatic carbocycles. The molecule has 1 heterocycles. The van der Waals surface area contributed by atoms with Gasteiger partial charge in [0, 0.05) is 12.1 Å². The second kappa shape index (κ2) is 7.12. The smallest absolute Gasteiger partial charge is 0.311 e. The predicted octanol–water partition coefficient (Wildman–Crippen LogP) is 3.57. The first kappa shape index (κ1) is 16.1. The summed E-state index contributed by atoms with van der Waals surface area (Å²) < 4.78 is 38.4. The summed E-state index contributed by atoms with van der Waals surface area (Å²) >= 11 is 0. The lowest BCUT2D eigenvalue weighted by atomic mass is 9.84. The molecule has 2 unspecified atom stereocenters. The zero-order valence-corrected chi connectivity index (χ0v) is 12.4. The van der Waals surface area contributed by atoms with Gasteiger partial charge in [-0.15, -0.1) is 0 Å². The summed E-state index contributed by atoms with van der Waals surface area (Å²) in [5, 5.41) is 3.50. The Hall–Kier alpha value is -0.290. The summed E-state index contributed by atoms with van der Waals surface area (Å²) in [6, 6.07) is 0.484. The lowest BCUT2D eigenvalue weighted by Crippen LogP contribution is -2.48. The minimum absolute atomic E-state index is 0.0677. The molecule has 0 aromatic rings. The molecule has 1 saturated carbocycles. The maximum Gasteiger partial charge on any atom is 0.391 e. The molecule has 0 aromatic heterocycles. The first-order valence-electron chi connectivity index (χ1n) is 8.04. The van der Waals surface area contributed by atoms with Gasteiger partial charge < -0.3 is 10.2 Å². The van der Waals surface area contributed by atoms with Crippen LogP contribution in [0.2, 0.25) is 0 Å². The van der Waals surface area contributed by atoms with Crippen molar-refractivity contribution in [3.63, 3.8) is 0 Å². The fourth-order valence-corrected chi connectivity index (χ4v) is 3.61. The monoisotopic (exact) mass is 292 g/mol. The van der Waals surface area contributed by atoms with Crippen molar-refractivity contribution in [1.29, 1.82) is 0 Å². The van der Waals surface area contributed by atoms with Gasteiger partial charge in [0.25, 0.3) is 0 Å². The van der Waals surface area contributed by atoms with E-state index in [0.717, 1.165) is 38.9 Å². The van der Waals surface area contributed by atoms with Crippen molar-refractivity contribution in [2.75, 3.05) is 19.6 Å². The quantitative estimate of drug-likeness (QED) is 0.852. The van der Waals surface area contributed by atoms with E-state index >= 15 is 0 Å². The number of hydrogen-bond acceptors (Lipinski definition) is 2. The topological polar surface area (TPSA) is 15.3 Å². The van der Waals surface area contributed by atoms with Crippen LogP contribution in [0.15, 0.2) is 0 Å². The maximum absolute atomic E-state index is 12.8. The summed E-state index contributed by atoms with van der Waals surface area (Å²) in [5.41, 5.74) is 0. The second-order valence-electron chi connectivity index (χ2n) is 6.38. The SMILES string of the molecule is CCCN1CCC(NC2CCCC(C(F)(F)F)C2)CC1. The van der Waals surface area contributed by atoms with Crippen LogP contribution < -0.4 is 5.32 Å². The molecule has 1 aliphatic heterocycles. The Morgan fingerprint density at radius 2 is 1.75 bits per heavy atom. The minimum atomic E-state index is -4.01. The third-order valence-corrected chi connectivity index (χ3v) is 4.74. The van der Waals surface area contributed by atoms with Crippen molar-refractivity contribution in [2.24, 2.45) is 5.92 Å². The molecule has 5 heteroatoms. The molecule has 0 bridgehead atoms. The minimum Gasteiger partial charge on any atom is -0.311 e. The molecule has 2 aliphatic rings. The van der Waals surface area contributed by atoms with E-state index in [-0.39, 0.29) is 12.5 Å². The first-order valence-corrected chi connectivity index (χ1v) is 8.04. The number of nitrogens with zero attached hydrogens (tertiary/aromatic N) is 1. The van der Waals surface area contributed by atoms with Crippen molar-refractivity contribution in [3.05, 3.63) is 0 Å². The molecule has 0 spiro atoms. The van der Waals surface area contributed by atoms with E-state index in [1.54, 1.807) is 0 Å². The Bertz CT molecular complexity index is 285. The van der Waals surface area contributed by atoms with Crippen LogP contribution in [0.25, 0.3) is 0 Å². The molecule has 2 rings (SSSR count). The number of piperidine rings is 1. The van der Waals surface area contributed by atoms with Crippen LogP contribution in [0.3, 0.4) is 0 Å². The number of rotatable bonds is 4. The molecule has 0 aromatic carbocycles. The van der Waals surface area contributed by atoms with Gasteiger partial charge >= 0.3 is 6.18 Å². The Morgan fingerprint density at radius 3 is 2.35 bits per heavy atom. The van der Waals surface area contributed by atoms with Crippen LogP contribution in [-0.4, -0.2) is 42.8 Å². The summed E-state index contributed by atoms with van der Waals surface area (Å²) in [4.78, 5) is 2.46. The van der Waals surface area contributed by atoms with Crippen LogP contribution in [0.4, 0.5) is 13.2 Å². The molecule has 0 radical (unpaired) electrons. The van der Waals surface area contributed by atoms with Gasteiger partial charge in [0.15, 0.2) is 0 Å². The molecule has 1 N–H and O–H groups in total. The molecule has 1 saturated heterocycles. The van der Waals surface area contributed by atoms with Gasteiger partial charge in [0.1, 0.15) is 0 Å². The highest BCUT2D eigenvalue weighted by Gasteiger charge is 2.42. The first-order chi connectivity index (χ1) is 9.49. The van der Waals surface area contributed by atoms with E-state index in [0.29, 0.717) is 18.9 Å². The van der Waals surface area contributed by atoms with Crippen LogP contribution >= 0.6 is 0 Å². The van der Waals surface area contributed by atoms with E-state index in [1.165, 1.54) is 6.42 Å². The highest BCUT2D eigenvalue weighted by Crippen LogP contribution is 2.37. The maximum atomic E-state index is 12.8. The van der Waals surface area contributed by atoms with Crippen LogP contribution in [-0.2, 0) is 0 Å². The largest absolute Gasteiger partial charge is 0.391 e. The van der Waals surface area contributed by atoms with Crippen LogP contribution in [0.5, 0.6) is 0 Å². The summed E-state index contributed by atoms with van der Waals surface area (Å²) in [6.45, 7) is 5.50. The average Bonchev–Trinajstić information content (AvgIpc) is 2.41. The number of alkyl halides is 3. The van der Waals surface area contributed by atoms with E-state index < -0.39 is 12.1 Å². The normalized spacial score (nSPS) is 30.6. The molecule has 118 valence electrons. The molecule has 2 atom stereocenters. The molecule has 0 amide bonds. The Balaban J connectivity index is 1.74. The van der Waals surface area contributed by atoms with Gasteiger partial charge in [-0.3, -0.25) is 0 Å². The number of nitrogens with one attached hydrogen (secondary N) is 1. The van der Waals surface area contributed by atoms with Gasteiger partial charge in [-0.1, -0.05) is 13.3 Å². The van der Waals surface area contributed by atoms with Gasteiger partial charge in [-0.05, 0) is 58.2 Å². The standard InChI is InChI=1S/C15H27F3N2/c1-2-8-20-9-6-13(7-10-20)19-14-5-3-4-12(11-14)15(16,17)18/h12-14,19H,2-11H2,1H3. The third kappa shape index (κ3) is 4.62. The lowest BCUT2D eigenvalue weighted by Gasteiger charge is -2.37. The molecule has 20 heavy (non-hydrogen) atoms. The van der Waals surface area contributed by atoms with Crippen LogP contribution in [0, 0.1) is 5.92 Å². The number of likely N-dealkylation sites (tertiary alicyclic amines) is 1. The van der Waals surface area contributed by atoms with E-state index in [4.69, 9.17) is 0 Å². The Labute approximate surface area is 120 Å². The number of halogens is 3. The fraction of sp³-hybridized carbons (Fsp3) is 1.00. The summed E-state index contributed by atoms with van der Waals surface area (Å²) in [5.74, 6) is -1.09. The van der Waals surface area contributed by atoms with Crippen molar-refractivity contribution in [1.82, 2.24) is 10.2 Å². The van der Waals surface area contributed by atoms with E-state index in [1.807, 2.05) is 0 Å². The molecular weight excluding hydrogens is 265 g/mol. The van der Waals surface area contributed by atoms with E-state index in [9.17, 15) is 13.2 Å². The van der Waals surface area contributed by atoms with Gasteiger partial charge in [-0.2, -0.15) is 13.2 Å². The third-order valence-electron chi connectivity index (χ3n) is 4.74. The van der Waals surface area contributed by atoms with Crippen molar-refractivity contribution < 1.29 is 13.2 Å². The predicted molar refractivity (Wildman–Crippen MR) is 74.7 cm³/mol. The van der Waals surface area contributed by atoms with Gasteiger partial charge in [0.05, 0.1) is 5.92 Å². The highest BCUT2D eigenvalue weighted by atomic mass is 19.4. The van der Waals surface area contributed by atoms with Crippen molar-refractivity contribution >= 4 is 0 Å². The lowest BCUT2D eigenvalue weighted by molar-refractivity contribution is -0.184. The van der Waals surface area contributed by atoms with Gasteiger partial charge in [0.2, 0.25) is 0 Å². The summed E-state index contributed by atoms with van der Waals surface area (Å²) in [6.07, 6.45) is 1.52. The van der Waals surface area contributed by atoms with Crippen molar-refractivity contribution in [3.8, 4) is 0 Å². The Morgan fingerprint density at radius 1 is 1.05 bits per heavy atom. The molecule has 2 fully saturated rings. The Kier molecular flexibility index (Phi) is 5.73. The van der Waals surface area contributed by atoms with Crippen molar-refractivity contribution in [2.45, 2.75) is 70.1 Å². The van der Waals surface area contributed by atoms with E-state index in [2.05, 4.69) is 17.1 Å². The zero-order valence-electron chi connectivity index (χ0n) is 12.4. The second-order valence-corrected chi connectivity index (χ2v) is 6.38. The van der Waals surface area contributed by atoms with Crippen LogP contribution in [0.1, 0.15) is 51.9 Å².